The minimum absolute atomic E-state index is 0.161. The second-order valence-electron chi connectivity index (χ2n) is 5.30. The predicted molar refractivity (Wildman–Crippen MR) is 69.7 cm³/mol. The number of hydrogen-bond donors (Lipinski definition) is 0. The number of alkyl halides is 8. The van der Waals surface area contributed by atoms with E-state index in [9.17, 15) is 43.5 Å². The maximum atomic E-state index is 13.6. The van der Waals surface area contributed by atoms with Gasteiger partial charge >= 0.3 is 23.5 Å². The molecule has 0 spiro atoms. The maximum absolute atomic E-state index is 13.6. The normalized spacial score (nSPS) is 19.0. The highest BCUT2D eigenvalue weighted by Crippen LogP contribution is 2.51. The monoisotopic (exact) mass is 408 g/mol. The summed E-state index contributed by atoms with van der Waals surface area (Å²) < 4.78 is 131. The summed E-state index contributed by atoms with van der Waals surface area (Å²) >= 11 is 0. The molecule has 0 radical (unpaired) electrons. The minimum atomic E-state index is -6.81. The van der Waals surface area contributed by atoms with Crippen molar-refractivity contribution < 1.29 is 48.3 Å². The highest BCUT2D eigenvalue weighted by molar-refractivity contribution is 7.90. The van der Waals surface area contributed by atoms with Crippen molar-refractivity contribution >= 4 is 10.0 Å². The van der Waals surface area contributed by atoms with E-state index in [-0.39, 0.29) is 24.1 Å². The van der Waals surface area contributed by atoms with Gasteiger partial charge in [0.1, 0.15) is 0 Å². The molecule has 0 amide bonds. The zero-order valence-corrected chi connectivity index (χ0v) is 13.7. The molecule has 1 aliphatic heterocycles. The molecular weight excluding hydrogens is 392 g/mol. The van der Waals surface area contributed by atoms with Gasteiger partial charge in [-0.15, -0.1) is 0 Å². The molecule has 5 nitrogen and oxygen atoms in total. The van der Waals surface area contributed by atoms with Crippen molar-refractivity contribution in [2.24, 2.45) is 0 Å². The standard InChI is InChI=1S/C11H16F8N2O3S/c1-20(2-3-21-4-6-24-7-5-21)25(22,23)11(18,19)10(16,17)9(14,15)8(12)13/h8H,2-7H2,1H3. The Morgan fingerprint density at radius 2 is 1.56 bits per heavy atom. The first-order valence-electron chi connectivity index (χ1n) is 6.87. The fourth-order valence-electron chi connectivity index (χ4n) is 1.92. The number of ether oxygens (including phenoxy) is 1. The lowest BCUT2D eigenvalue weighted by molar-refractivity contribution is -0.315. The first-order valence-corrected chi connectivity index (χ1v) is 8.31. The van der Waals surface area contributed by atoms with Crippen LogP contribution in [0.25, 0.3) is 0 Å². The van der Waals surface area contributed by atoms with E-state index in [0.29, 0.717) is 20.1 Å². The average Bonchev–Trinajstić information content (AvgIpc) is 2.52. The van der Waals surface area contributed by atoms with E-state index in [0.717, 1.165) is 0 Å². The summed E-state index contributed by atoms with van der Waals surface area (Å²) in [5.41, 5.74) is 0. The van der Waals surface area contributed by atoms with E-state index in [1.54, 1.807) is 4.90 Å². The van der Waals surface area contributed by atoms with Crippen molar-refractivity contribution in [2.75, 3.05) is 46.4 Å². The fourth-order valence-corrected chi connectivity index (χ4v) is 3.09. The Morgan fingerprint density at radius 1 is 1.08 bits per heavy atom. The number of halogens is 8. The molecule has 0 bridgehead atoms. The maximum Gasteiger partial charge on any atom is 0.427 e. The molecule has 1 heterocycles. The van der Waals surface area contributed by atoms with Gasteiger partial charge in [-0.05, 0) is 0 Å². The highest BCUT2D eigenvalue weighted by Gasteiger charge is 2.80. The summed E-state index contributed by atoms with van der Waals surface area (Å²) in [5.74, 6) is -13.3. The highest BCUT2D eigenvalue weighted by atomic mass is 32.2. The van der Waals surface area contributed by atoms with E-state index < -0.39 is 40.1 Å². The van der Waals surface area contributed by atoms with Crippen LogP contribution in [0.15, 0.2) is 0 Å². The summed E-state index contributed by atoms with van der Waals surface area (Å²) in [6, 6.07) is 0. The molecule has 14 heteroatoms. The molecule has 1 aliphatic rings. The zero-order chi connectivity index (χ0) is 19.7. The molecule has 25 heavy (non-hydrogen) atoms. The number of sulfonamides is 1. The van der Waals surface area contributed by atoms with Gasteiger partial charge in [0.15, 0.2) is 0 Å². The fraction of sp³-hybridized carbons (Fsp3) is 1.00. The molecule has 0 unspecified atom stereocenters. The topological polar surface area (TPSA) is 49.9 Å². The number of nitrogens with zero attached hydrogens (tertiary/aromatic N) is 2. The van der Waals surface area contributed by atoms with Gasteiger partial charge in [0, 0.05) is 33.2 Å². The summed E-state index contributed by atoms with van der Waals surface area (Å²) in [6.45, 7) is 0.324. The Labute approximate surface area is 138 Å². The van der Waals surface area contributed by atoms with Crippen molar-refractivity contribution in [2.45, 2.75) is 23.5 Å². The predicted octanol–water partition coefficient (Wildman–Crippen LogP) is 1.71. The van der Waals surface area contributed by atoms with Gasteiger partial charge in [-0.3, -0.25) is 4.90 Å². The van der Waals surface area contributed by atoms with E-state index in [1.807, 2.05) is 0 Å². The molecular formula is C11H16F8N2O3S. The van der Waals surface area contributed by atoms with Gasteiger partial charge in [-0.25, -0.2) is 17.2 Å². The van der Waals surface area contributed by atoms with Crippen molar-refractivity contribution in [3.63, 3.8) is 0 Å². The molecule has 1 saturated heterocycles. The van der Waals surface area contributed by atoms with Crippen molar-refractivity contribution in [3.05, 3.63) is 0 Å². The van der Waals surface area contributed by atoms with Gasteiger partial charge in [-0.1, -0.05) is 0 Å². The molecule has 1 rings (SSSR count). The third-order valence-electron chi connectivity index (χ3n) is 3.63. The summed E-state index contributed by atoms with van der Waals surface area (Å²) in [6.07, 6.45) is -5.18. The number of hydrogen-bond acceptors (Lipinski definition) is 4. The average molecular weight is 408 g/mol. The molecule has 150 valence electrons. The van der Waals surface area contributed by atoms with Gasteiger partial charge < -0.3 is 4.74 Å². The van der Waals surface area contributed by atoms with Crippen molar-refractivity contribution in [1.82, 2.24) is 9.21 Å². The Kier molecular flexibility index (Phi) is 6.68. The van der Waals surface area contributed by atoms with Gasteiger partial charge in [0.05, 0.1) is 13.2 Å². The van der Waals surface area contributed by atoms with Gasteiger partial charge in [-0.2, -0.15) is 30.6 Å². The Hall–Kier alpha value is -0.730. The molecule has 0 aromatic heterocycles. The lowest BCUT2D eigenvalue weighted by atomic mass is 10.2. The number of rotatable bonds is 8. The summed E-state index contributed by atoms with van der Waals surface area (Å²) in [7, 11) is -5.86. The third kappa shape index (κ3) is 4.01. The SMILES string of the molecule is CN(CCN1CCOCC1)S(=O)(=O)C(F)(F)C(F)(F)C(F)(F)C(F)F. The quantitative estimate of drug-likeness (QED) is 0.574. The Morgan fingerprint density at radius 3 is 2.00 bits per heavy atom. The van der Waals surface area contributed by atoms with Crippen LogP contribution >= 0.6 is 0 Å². The largest absolute Gasteiger partial charge is 0.427 e. The van der Waals surface area contributed by atoms with Crippen molar-refractivity contribution in [3.8, 4) is 0 Å². The molecule has 0 saturated carbocycles. The molecule has 0 aromatic rings. The molecule has 0 atom stereocenters. The number of likely N-dealkylation sites (N-methyl/N-ethyl adjacent to an activating group) is 1. The van der Waals surface area contributed by atoms with Gasteiger partial charge in [0.25, 0.3) is 10.0 Å². The summed E-state index contributed by atoms with van der Waals surface area (Å²) in [5, 5.41) is -6.43. The van der Waals surface area contributed by atoms with Crippen LogP contribution in [0.4, 0.5) is 35.1 Å². The van der Waals surface area contributed by atoms with Crippen molar-refractivity contribution in [1.29, 1.82) is 0 Å². The lowest BCUT2D eigenvalue weighted by Gasteiger charge is -2.34. The van der Waals surface area contributed by atoms with Crippen LogP contribution in [0.3, 0.4) is 0 Å². The lowest BCUT2D eigenvalue weighted by Crippen LogP contribution is -2.63. The molecule has 0 N–H and O–H groups in total. The molecule has 0 aromatic carbocycles. The van der Waals surface area contributed by atoms with Crippen LogP contribution in [-0.4, -0.2) is 87.6 Å². The smallest absolute Gasteiger partial charge is 0.379 e. The van der Waals surface area contributed by atoms with E-state index in [2.05, 4.69) is 0 Å². The van der Waals surface area contributed by atoms with Crippen LogP contribution in [0.2, 0.25) is 0 Å². The Balaban J connectivity index is 2.96. The third-order valence-corrected chi connectivity index (χ3v) is 5.53. The van der Waals surface area contributed by atoms with Gasteiger partial charge in [0.2, 0.25) is 0 Å². The first kappa shape index (κ1) is 22.3. The molecule has 1 fully saturated rings. The van der Waals surface area contributed by atoms with Crippen LogP contribution in [0, 0.1) is 0 Å². The van der Waals surface area contributed by atoms with Crippen LogP contribution in [0.5, 0.6) is 0 Å². The second-order valence-corrected chi connectivity index (χ2v) is 7.38. The second kappa shape index (κ2) is 7.48. The first-order chi connectivity index (χ1) is 11.2. The van der Waals surface area contributed by atoms with E-state index in [4.69, 9.17) is 4.74 Å². The van der Waals surface area contributed by atoms with Crippen LogP contribution in [-0.2, 0) is 14.8 Å². The van der Waals surface area contributed by atoms with E-state index >= 15 is 0 Å². The minimum Gasteiger partial charge on any atom is -0.379 e. The molecule has 0 aliphatic carbocycles. The van der Waals surface area contributed by atoms with Crippen LogP contribution < -0.4 is 0 Å². The van der Waals surface area contributed by atoms with Crippen LogP contribution in [0.1, 0.15) is 0 Å². The van der Waals surface area contributed by atoms with E-state index in [1.165, 1.54) is 0 Å². The number of morpholine rings is 1. The zero-order valence-electron chi connectivity index (χ0n) is 12.9. The summed E-state index contributed by atoms with van der Waals surface area (Å²) in [4.78, 5) is 1.57. The Bertz CT molecular complexity index is 552.